The number of nitrogens with zero attached hydrogens (tertiary/aromatic N) is 3. The van der Waals surface area contributed by atoms with E-state index in [1.165, 1.54) is 4.88 Å². The van der Waals surface area contributed by atoms with Gasteiger partial charge in [-0.05, 0) is 26.8 Å². The van der Waals surface area contributed by atoms with Crippen molar-refractivity contribution < 1.29 is 0 Å². The summed E-state index contributed by atoms with van der Waals surface area (Å²) in [5.41, 5.74) is 1.09. The van der Waals surface area contributed by atoms with Crippen molar-refractivity contribution in [3.05, 3.63) is 34.2 Å². The van der Waals surface area contributed by atoms with Gasteiger partial charge in [0.15, 0.2) is 0 Å². The van der Waals surface area contributed by atoms with Crippen molar-refractivity contribution >= 4 is 17.2 Å². The molecule has 0 radical (unpaired) electrons. The third kappa shape index (κ3) is 2.36. The molecule has 0 bridgehead atoms. The van der Waals surface area contributed by atoms with E-state index >= 15 is 0 Å². The van der Waals surface area contributed by atoms with Gasteiger partial charge in [0.05, 0.1) is 16.7 Å². The first kappa shape index (κ1) is 11.0. The Bertz CT molecular complexity index is 466. The standard InChI is InChI=1S/C11H14N4S/c1-7-11(16-9(3)14-7)8(2)15-10-4-5-12-6-13-10/h4-6,8H,1-3H3,(H,12,13,15). The van der Waals surface area contributed by atoms with E-state index in [9.17, 15) is 0 Å². The molecule has 1 atom stereocenters. The van der Waals surface area contributed by atoms with Crippen LogP contribution in [0.2, 0.25) is 0 Å². The van der Waals surface area contributed by atoms with Gasteiger partial charge in [0.2, 0.25) is 0 Å². The smallest absolute Gasteiger partial charge is 0.129 e. The van der Waals surface area contributed by atoms with Crippen molar-refractivity contribution in [3.63, 3.8) is 0 Å². The number of hydrogen-bond acceptors (Lipinski definition) is 5. The predicted octanol–water partition coefficient (Wildman–Crippen LogP) is 2.72. The maximum absolute atomic E-state index is 4.42. The largest absolute Gasteiger partial charge is 0.363 e. The Balaban J connectivity index is 2.14. The second-order valence-corrected chi connectivity index (χ2v) is 4.88. The van der Waals surface area contributed by atoms with E-state index < -0.39 is 0 Å². The van der Waals surface area contributed by atoms with Crippen LogP contribution in [0.1, 0.15) is 28.5 Å². The van der Waals surface area contributed by atoms with E-state index in [-0.39, 0.29) is 6.04 Å². The number of aryl methyl sites for hydroxylation is 2. The number of aromatic nitrogens is 3. The lowest BCUT2D eigenvalue weighted by atomic mass is 10.2. The summed E-state index contributed by atoms with van der Waals surface area (Å²) in [7, 11) is 0. The van der Waals surface area contributed by atoms with E-state index in [0.717, 1.165) is 16.5 Å². The summed E-state index contributed by atoms with van der Waals surface area (Å²) in [6, 6.07) is 2.08. The fourth-order valence-electron chi connectivity index (χ4n) is 1.61. The molecule has 0 aliphatic carbocycles. The lowest BCUT2D eigenvalue weighted by Crippen LogP contribution is -2.07. The molecule has 0 aliphatic heterocycles. The van der Waals surface area contributed by atoms with Crippen molar-refractivity contribution in [1.29, 1.82) is 0 Å². The van der Waals surface area contributed by atoms with Crippen LogP contribution < -0.4 is 5.32 Å². The summed E-state index contributed by atoms with van der Waals surface area (Å²) in [6.45, 7) is 6.18. The van der Waals surface area contributed by atoms with Gasteiger partial charge in [-0.25, -0.2) is 15.0 Å². The summed E-state index contributed by atoms with van der Waals surface area (Å²) < 4.78 is 0. The van der Waals surface area contributed by atoms with Crippen molar-refractivity contribution in [2.75, 3.05) is 5.32 Å². The van der Waals surface area contributed by atoms with E-state index in [0.29, 0.717) is 0 Å². The first-order chi connectivity index (χ1) is 7.66. The van der Waals surface area contributed by atoms with Crippen molar-refractivity contribution in [2.45, 2.75) is 26.8 Å². The zero-order valence-corrected chi connectivity index (χ0v) is 10.4. The van der Waals surface area contributed by atoms with Crippen LogP contribution in [0.4, 0.5) is 5.82 Å². The Morgan fingerprint density at radius 1 is 1.38 bits per heavy atom. The number of anilines is 1. The van der Waals surface area contributed by atoms with Crippen LogP contribution >= 0.6 is 11.3 Å². The maximum atomic E-state index is 4.42. The predicted molar refractivity (Wildman–Crippen MR) is 65.7 cm³/mol. The highest BCUT2D eigenvalue weighted by Gasteiger charge is 2.12. The van der Waals surface area contributed by atoms with Gasteiger partial charge in [-0.1, -0.05) is 0 Å². The van der Waals surface area contributed by atoms with E-state index in [4.69, 9.17) is 0 Å². The van der Waals surface area contributed by atoms with E-state index in [1.807, 2.05) is 19.9 Å². The molecule has 0 fully saturated rings. The molecule has 0 spiro atoms. The number of thiazole rings is 1. The summed E-state index contributed by atoms with van der Waals surface area (Å²) in [4.78, 5) is 13.7. The highest BCUT2D eigenvalue weighted by Crippen LogP contribution is 2.26. The highest BCUT2D eigenvalue weighted by molar-refractivity contribution is 7.11. The maximum Gasteiger partial charge on any atom is 0.129 e. The Morgan fingerprint density at radius 3 is 2.75 bits per heavy atom. The second kappa shape index (κ2) is 4.57. The molecular weight excluding hydrogens is 220 g/mol. The first-order valence-corrected chi connectivity index (χ1v) is 5.95. The SMILES string of the molecule is Cc1nc(C)c(C(C)Nc2ccncn2)s1. The lowest BCUT2D eigenvalue weighted by Gasteiger charge is -2.12. The van der Waals surface area contributed by atoms with Crippen LogP contribution in [0.15, 0.2) is 18.6 Å². The van der Waals surface area contributed by atoms with Crippen LogP contribution in [0.25, 0.3) is 0 Å². The zero-order valence-electron chi connectivity index (χ0n) is 9.56. The van der Waals surface area contributed by atoms with Crippen LogP contribution in [-0.4, -0.2) is 15.0 Å². The summed E-state index contributed by atoms with van der Waals surface area (Å²) in [6.07, 6.45) is 3.27. The summed E-state index contributed by atoms with van der Waals surface area (Å²) >= 11 is 1.72. The molecule has 1 unspecified atom stereocenters. The molecule has 2 aromatic heterocycles. The molecule has 16 heavy (non-hydrogen) atoms. The normalized spacial score (nSPS) is 12.4. The second-order valence-electron chi connectivity index (χ2n) is 3.64. The Hall–Kier alpha value is -1.49. The van der Waals surface area contributed by atoms with Gasteiger partial charge in [-0.15, -0.1) is 11.3 Å². The molecule has 0 amide bonds. The zero-order chi connectivity index (χ0) is 11.5. The summed E-state index contributed by atoms with van der Waals surface area (Å²) in [5.74, 6) is 0.841. The Labute approximate surface area is 98.8 Å². The number of nitrogens with one attached hydrogen (secondary N) is 1. The molecule has 0 aromatic carbocycles. The minimum absolute atomic E-state index is 0.223. The van der Waals surface area contributed by atoms with Gasteiger partial charge < -0.3 is 5.32 Å². The van der Waals surface area contributed by atoms with E-state index in [1.54, 1.807) is 23.9 Å². The lowest BCUT2D eigenvalue weighted by molar-refractivity contribution is 0.877. The molecule has 2 heterocycles. The molecule has 4 nitrogen and oxygen atoms in total. The monoisotopic (exact) mass is 234 g/mol. The van der Waals surface area contributed by atoms with Gasteiger partial charge in [-0.2, -0.15) is 0 Å². The molecule has 84 valence electrons. The summed E-state index contributed by atoms with van der Waals surface area (Å²) in [5, 5.41) is 4.43. The van der Waals surface area contributed by atoms with Crippen LogP contribution in [-0.2, 0) is 0 Å². The quantitative estimate of drug-likeness (QED) is 0.887. The van der Waals surface area contributed by atoms with E-state index in [2.05, 4.69) is 27.2 Å². The molecule has 1 N–H and O–H groups in total. The van der Waals surface area contributed by atoms with Gasteiger partial charge in [0.1, 0.15) is 12.1 Å². The van der Waals surface area contributed by atoms with Gasteiger partial charge in [0, 0.05) is 11.1 Å². The number of hydrogen-bond donors (Lipinski definition) is 1. The van der Waals surface area contributed by atoms with Crippen molar-refractivity contribution in [1.82, 2.24) is 15.0 Å². The average molecular weight is 234 g/mol. The van der Waals surface area contributed by atoms with Gasteiger partial charge in [-0.3, -0.25) is 0 Å². The minimum atomic E-state index is 0.223. The third-order valence-electron chi connectivity index (χ3n) is 2.28. The van der Waals surface area contributed by atoms with Crippen LogP contribution in [0, 0.1) is 13.8 Å². The topological polar surface area (TPSA) is 50.7 Å². The molecule has 2 aromatic rings. The minimum Gasteiger partial charge on any atom is -0.363 e. The van der Waals surface area contributed by atoms with Crippen LogP contribution in [0.5, 0.6) is 0 Å². The Morgan fingerprint density at radius 2 is 2.19 bits per heavy atom. The molecule has 0 aliphatic rings. The molecule has 2 rings (SSSR count). The fourth-order valence-corrected chi connectivity index (χ4v) is 2.54. The van der Waals surface area contributed by atoms with Crippen molar-refractivity contribution in [3.8, 4) is 0 Å². The molecule has 0 saturated carbocycles. The van der Waals surface area contributed by atoms with Gasteiger partial charge in [0.25, 0.3) is 0 Å². The van der Waals surface area contributed by atoms with Crippen molar-refractivity contribution in [2.24, 2.45) is 0 Å². The Kier molecular flexibility index (Phi) is 3.14. The third-order valence-corrected chi connectivity index (χ3v) is 3.53. The fraction of sp³-hybridized carbons (Fsp3) is 0.364. The van der Waals surface area contributed by atoms with Crippen LogP contribution in [0.3, 0.4) is 0 Å². The first-order valence-electron chi connectivity index (χ1n) is 5.13. The molecular formula is C11H14N4S. The molecule has 0 saturated heterocycles. The highest BCUT2D eigenvalue weighted by atomic mass is 32.1. The number of rotatable bonds is 3. The molecule has 5 heteroatoms. The average Bonchev–Trinajstić information content (AvgIpc) is 2.59. The van der Waals surface area contributed by atoms with Gasteiger partial charge >= 0.3 is 0 Å².